The molecule has 0 aliphatic rings. The predicted molar refractivity (Wildman–Crippen MR) is 125 cm³/mol. The number of nitrogens with one attached hydrogen (secondary N) is 1. The maximum atomic E-state index is 13.1. The molecule has 4 rings (SSSR count). The lowest BCUT2D eigenvalue weighted by atomic mass is 10.1. The number of hydrogen-bond donors (Lipinski definition) is 1. The summed E-state index contributed by atoms with van der Waals surface area (Å²) < 4.78 is 11.0. The minimum Gasteiger partial charge on any atom is -0.497 e. The zero-order valence-corrected chi connectivity index (χ0v) is 18.4. The first-order valence-corrected chi connectivity index (χ1v) is 10.5. The Morgan fingerprint density at radius 1 is 0.970 bits per heavy atom. The number of pyridine rings is 1. The lowest BCUT2D eigenvalue weighted by molar-refractivity contribution is 0.0939. The van der Waals surface area contributed by atoms with E-state index in [2.05, 4.69) is 20.3 Å². The van der Waals surface area contributed by atoms with Crippen LogP contribution in [0.5, 0.6) is 11.5 Å². The van der Waals surface area contributed by atoms with Gasteiger partial charge in [0.25, 0.3) is 5.91 Å². The van der Waals surface area contributed by atoms with Crippen molar-refractivity contribution in [2.75, 3.05) is 7.11 Å². The Morgan fingerprint density at radius 2 is 1.67 bits per heavy atom. The summed E-state index contributed by atoms with van der Waals surface area (Å²) in [5.41, 5.74) is 2.70. The van der Waals surface area contributed by atoms with Crippen molar-refractivity contribution in [3.05, 3.63) is 102 Å². The van der Waals surface area contributed by atoms with E-state index in [0.717, 1.165) is 16.9 Å². The number of amides is 1. The zero-order valence-electron chi connectivity index (χ0n) is 18.4. The highest BCUT2D eigenvalue weighted by molar-refractivity contribution is 5.99. The summed E-state index contributed by atoms with van der Waals surface area (Å²) in [5, 5.41) is 3.03. The summed E-state index contributed by atoms with van der Waals surface area (Å²) in [6, 6.07) is 20.5. The van der Waals surface area contributed by atoms with E-state index in [1.807, 2.05) is 73.7 Å². The van der Waals surface area contributed by atoms with E-state index in [1.165, 1.54) is 0 Å². The van der Waals surface area contributed by atoms with Crippen molar-refractivity contribution in [1.82, 2.24) is 20.3 Å². The summed E-state index contributed by atoms with van der Waals surface area (Å²) >= 11 is 0. The van der Waals surface area contributed by atoms with Gasteiger partial charge in [0.05, 0.1) is 24.4 Å². The van der Waals surface area contributed by atoms with Crippen molar-refractivity contribution in [2.24, 2.45) is 0 Å². The van der Waals surface area contributed by atoms with Crippen LogP contribution in [0.2, 0.25) is 0 Å². The fourth-order valence-electron chi connectivity index (χ4n) is 3.30. The summed E-state index contributed by atoms with van der Waals surface area (Å²) in [6.07, 6.45) is 4.88. The molecule has 2 aromatic carbocycles. The third-order valence-corrected chi connectivity index (χ3v) is 5.11. The van der Waals surface area contributed by atoms with Crippen molar-refractivity contribution in [3.63, 3.8) is 0 Å². The van der Waals surface area contributed by atoms with Crippen LogP contribution < -0.4 is 14.8 Å². The van der Waals surface area contributed by atoms with Crippen LogP contribution in [-0.2, 0) is 6.61 Å². The number of aromatic nitrogens is 3. The molecule has 0 saturated heterocycles. The molecule has 0 spiro atoms. The fourth-order valence-corrected chi connectivity index (χ4v) is 3.30. The zero-order chi connectivity index (χ0) is 23.0. The average molecular weight is 441 g/mol. The lowest BCUT2D eigenvalue weighted by Crippen LogP contribution is -2.27. The van der Waals surface area contributed by atoms with E-state index >= 15 is 0 Å². The molecule has 4 aromatic rings. The Bertz CT molecular complexity index is 1200. The monoisotopic (exact) mass is 440 g/mol. The highest BCUT2D eigenvalue weighted by atomic mass is 16.5. The van der Waals surface area contributed by atoms with E-state index in [-0.39, 0.29) is 18.6 Å². The van der Waals surface area contributed by atoms with Crippen LogP contribution in [0.1, 0.15) is 34.7 Å². The van der Waals surface area contributed by atoms with Crippen LogP contribution in [0.25, 0.3) is 11.3 Å². The molecule has 1 N–H and O–H groups in total. The fraction of sp³-hybridized carbons (Fsp3) is 0.154. The molecule has 0 bridgehead atoms. The van der Waals surface area contributed by atoms with Crippen LogP contribution in [0, 0.1) is 0 Å². The molecule has 0 unspecified atom stereocenters. The van der Waals surface area contributed by atoms with E-state index in [0.29, 0.717) is 22.8 Å². The van der Waals surface area contributed by atoms with Crippen LogP contribution in [0.3, 0.4) is 0 Å². The summed E-state index contributed by atoms with van der Waals surface area (Å²) in [6.45, 7) is 2.10. The summed E-state index contributed by atoms with van der Waals surface area (Å²) in [5.74, 6) is 1.63. The van der Waals surface area contributed by atoms with Crippen LogP contribution in [0.15, 0.2) is 85.3 Å². The molecule has 1 amide bonds. The van der Waals surface area contributed by atoms with Crippen LogP contribution in [-0.4, -0.2) is 28.0 Å². The molecule has 0 aliphatic carbocycles. The molecule has 166 valence electrons. The van der Waals surface area contributed by atoms with Gasteiger partial charge in [-0.05, 0) is 48.9 Å². The van der Waals surface area contributed by atoms with Gasteiger partial charge in [-0.3, -0.25) is 9.78 Å². The molecule has 1 atom stereocenters. The molecule has 0 saturated carbocycles. The van der Waals surface area contributed by atoms with Gasteiger partial charge in [-0.2, -0.15) is 0 Å². The van der Waals surface area contributed by atoms with Crippen molar-refractivity contribution in [1.29, 1.82) is 0 Å². The van der Waals surface area contributed by atoms with E-state index in [4.69, 9.17) is 9.47 Å². The minimum absolute atomic E-state index is 0.159. The van der Waals surface area contributed by atoms with Gasteiger partial charge in [0.1, 0.15) is 18.1 Å². The molecular weight excluding hydrogens is 416 g/mol. The first-order chi connectivity index (χ1) is 16.1. The first kappa shape index (κ1) is 22.0. The smallest absolute Gasteiger partial charge is 0.255 e. The highest BCUT2D eigenvalue weighted by Gasteiger charge is 2.19. The van der Waals surface area contributed by atoms with Crippen molar-refractivity contribution in [2.45, 2.75) is 19.6 Å². The standard InChI is InChI=1S/C26H24N4O3/c1-18(19-6-4-3-5-7-19)29-26(31)23-16-28-24(30-25(23)20-12-14-27-15-13-20)17-33-22-10-8-21(32-2)9-11-22/h3-16,18H,17H2,1-2H3,(H,29,31)/t18-/m1/s1. The molecule has 2 heterocycles. The second kappa shape index (κ2) is 10.4. The second-order valence-electron chi connectivity index (χ2n) is 7.35. The largest absolute Gasteiger partial charge is 0.497 e. The molecule has 0 aliphatic heterocycles. The van der Waals surface area contributed by atoms with Gasteiger partial charge in [-0.25, -0.2) is 9.97 Å². The number of carbonyl (C=O) groups excluding carboxylic acids is 1. The maximum Gasteiger partial charge on any atom is 0.255 e. The third-order valence-electron chi connectivity index (χ3n) is 5.11. The average Bonchev–Trinajstić information content (AvgIpc) is 2.88. The number of nitrogens with zero attached hydrogens (tertiary/aromatic N) is 3. The van der Waals surface area contributed by atoms with Gasteiger partial charge < -0.3 is 14.8 Å². The first-order valence-electron chi connectivity index (χ1n) is 10.5. The molecule has 0 radical (unpaired) electrons. The molecule has 0 fully saturated rings. The van der Waals surface area contributed by atoms with Crippen molar-refractivity contribution >= 4 is 5.91 Å². The molecule has 7 nitrogen and oxygen atoms in total. The Morgan fingerprint density at radius 3 is 2.36 bits per heavy atom. The van der Waals surface area contributed by atoms with E-state index in [9.17, 15) is 4.79 Å². The molecule has 33 heavy (non-hydrogen) atoms. The molecular formula is C26H24N4O3. The van der Waals surface area contributed by atoms with Gasteiger partial charge in [-0.15, -0.1) is 0 Å². The van der Waals surface area contributed by atoms with Gasteiger partial charge in [0.2, 0.25) is 0 Å². The quantitative estimate of drug-likeness (QED) is 0.430. The van der Waals surface area contributed by atoms with Crippen molar-refractivity contribution in [3.8, 4) is 22.8 Å². The van der Waals surface area contributed by atoms with E-state index < -0.39 is 0 Å². The predicted octanol–water partition coefficient (Wildman–Crippen LogP) is 4.62. The third kappa shape index (κ3) is 5.51. The number of hydrogen-bond acceptors (Lipinski definition) is 6. The Hall–Kier alpha value is -4.26. The number of rotatable bonds is 8. The van der Waals surface area contributed by atoms with Gasteiger partial charge in [-0.1, -0.05) is 30.3 Å². The number of carbonyl (C=O) groups is 1. The SMILES string of the molecule is COc1ccc(OCc2ncc(C(=O)N[C@H](C)c3ccccc3)c(-c3ccncc3)n2)cc1. The Balaban J connectivity index is 1.56. The van der Waals surface area contributed by atoms with E-state index in [1.54, 1.807) is 25.7 Å². The topological polar surface area (TPSA) is 86.2 Å². The lowest BCUT2D eigenvalue weighted by Gasteiger charge is -2.16. The van der Waals surface area contributed by atoms with Gasteiger partial charge in [0.15, 0.2) is 5.82 Å². The summed E-state index contributed by atoms with van der Waals surface area (Å²) in [7, 11) is 1.61. The maximum absolute atomic E-state index is 13.1. The van der Waals surface area contributed by atoms with Gasteiger partial charge in [0, 0.05) is 24.2 Å². The minimum atomic E-state index is -0.249. The summed E-state index contributed by atoms with van der Waals surface area (Å²) in [4.78, 5) is 26.2. The van der Waals surface area contributed by atoms with Crippen LogP contribution in [0.4, 0.5) is 0 Å². The van der Waals surface area contributed by atoms with Gasteiger partial charge >= 0.3 is 0 Å². The number of ether oxygens (including phenoxy) is 2. The number of benzene rings is 2. The second-order valence-corrected chi connectivity index (χ2v) is 7.35. The Kier molecular flexibility index (Phi) is 6.90. The molecule has 2 aromatic heterocycles. The highest BCUT2D eigenvalue weighted by Crippen LogP contribution is 2.23. The van der Waals surface area contributed by atoms with Crippen LogP contribution >= 0.6 is 0 Å². The van der Waals surface area contributed by atoms with Crippen molar-refractivity contribution < 1.29 is 14.3 Å². The number of methoxy groups -OCH3 is 1. The Labute approximate surface area is 192 Å². The molecule has 7 heteroatoms. The normalized spacial score (nSPS) is 11.5.